The average Bonchev–Trinajstić information content (AvgIpc) is 2.44. The van der Waals surface area contributed by atoms with Gasteiger partial charge < -0.3 is 20.1 Å². The number of hydrogen-bond acceptors (Lipinski definition) is 6. The average molecular weight is 268 g/mol. The number of anilines is 1. The zero-order valence-corrected chi connectivity index (χ0v) is 11.3. The molecule has 0 aromatic carbocycles. The van der Waals surface area contributed by atoms with E-state index in [1.54, 1.807) is 26.5 Å². The first kappa shape index (κ1) is 15.3. The van der Waals surface area contributed by atoms with Crippen LogP contribution in [0.4, 0.5) is 5.95 Å². The van der Waals surface area contributed by atoms with E-state index in [2.05, 4.69) is 20.6 Å². The van der Waals surface area contributed by atoms with Gasteiger partial charge >= 0.3 is 0 Å². The molecule has 0 spiro atoms. The van der Waals surface area contributed by atoms with Crippen LogP contribution in [0.3, 0.4) is 0 Å². The van der Waals surface area contributed by atoms with Crippen LogP contribution in [0.1, 0.15) is 16.9 Å². The number of carbonyl (C=O) groups excluding carboxylic acids is 1. The second kappa shape index (κ2) is 9.23. The van der Waals surface area contributed by atoms with Crippen LogP contribution in [0, 0.1) is 0 Å². The second-order valence-corrected chi connectivity index (χ2v) is 3.79. The van der Waals surface area contributed by atoms with Gasteiger partial charge in [-0.3, -0.25) is 4.79 Å². The van der Waals surface area contributed by atoms with Gasteiger partial charge in [-0.15, -0.1) is 0 Å². The van der Waals surface area contributed by atoms with Crippen molar-refractivity contribution in [1.29, 1.82) is 0 Å². The fourth-order valence-electron chi connectivity index (χ4n) is 1.34. The van der Waals surface area contributed by atoms with Gasteiger partial charge in [0.2, 0.25) is 5.95 Å². The predicted octanol–water partition coefficient (Wildman–Crippen LogP) is 0.301. The lowest BCUT2D eigenvalue weighted by atomic mass is 10.4. The summed E-state index contributed by atoms with van der Waals surface area (Å²) < 4.78 is 9.80. The summed E-state index contributed by atoms with van der Waals surface area (Å²) in [5.41, 5.74) is 0.334. The number of hydrogen-bond donors (Lipinski definition) is 2. The molecule has 7 heteroatoms. The predicted molar refractivity (Wildman–Crippen MR) is 71.2 cm³/mol. The van der Waals surface area contributed by atoms with Crippen molar-refractivity contribution in [3.05, 3.63) is 18.0 Å². The Morgan fingerprint density at radius 2 is 2.05 bits per heavy atom. The van der Waals surface area contributed by atoms with Gasteiger partial charge in [0.15, 0.2) is 0 Å². The minimum Gasteiger partial charge on any atom is -0.385 e. The van der Waals surface area contributed by atoms with Crippen molar-refractivity contribution < 1.29 is 14.3 Å². The molecule has 0 saturated heterocycles. The highest BCUT2D eigenvalue weighted by Gasteiger charge is 2.07. The lowest BCUT2D eigenvalue weighted by Crippen LogP contribution is -2.28. The number of ether oxygens (including phenoxy) is 2. The van der Waals surface area contributed by atoms with Gasteiger partial charge in [0.25, 0.3) is 5.91 Å². The van der Waals surface area contributed by atoms with Crippen molar-refractivity contribution in [2.45, 2.75) is 6.42 Å². The SMILES string of the molecule is COCCCNc1nccc(C(=O)NCCOC)n1. The van der Waals surface area contributed by atoms with E-state index in [0.717, 1.165) is 6.42 Å². The maximum absolute atomic E-state index is 11.7. The Morgan fingerprint density at radius 3 is 2.79 bits per heavy atom. The monoisotopic (exact) mass is 268 g/mol. The number of nitrogens with zero attached hydrogens (tertiary/aromatic N) is 2. The van der Waals surface area contributed by atoms with E-state index in [1.165, 1.54) is 0 Å². The summed E-state index contributed by atoms with van der Waals surface area (Å²) in [6.07, 6.45) is 2.40. The van der Waals surface area contributed by atoms with Crippen LogP contribution in [0.2, 0.25) is 0 Å². The quantitative estimate of drug-likeness (QED) is 0.627. The van der Waals surface area contributed by atoms with Crippen LogP contribution in [0.5, 0.6) is 0 Å². The van der Waals surface area contributed by atoms with Crippen molar-refractivity contribution >= 4 is 11.9 Å². The zero-order valence-electron chi connectivity index (χ0n) is 11.3. The third-order valence-corrected chi connectivity index (χ3v) is 2.29. The third kappa shape index (κ3) is 6.12. The molecule has 1 amide bonds. The van der Waals surface area contributed by atoms with Gasteiger partial charge in [0, 0.05) is 40.1 Å². The Morgan fingerprint density at radius 1 is 1.26 bits per heavy atom. The third-order valence-electron chi connectivity index (χ3n) is 2.29. The molecule has 0 unspecified atom stereocenters. The molecule has 1 aromatic heterocycles. The Bertz CT molecular complexity index is 387. The van der Waals surface area contributed by atoms with Gasteiger partial charge in [0.05, 0.1) is 6.61 Å². The Hall–Kier alpha value is -1.73. The molecule has 1 heterocycles. The van der Waals surface area contributed by atoms with Crippen LogP contribution in [0.25, 0.3) is 0 Å². The molecule has 1 rings (SSSR count). The summed E-state index contributed by atoms with van der Waals surface area (Å²) in [5.74, 6) is 0.204. The van der Waals surface area contributed by atoms with E-state index < -0.39 is 0 Å². The minimum absolute atomic E-state index is 0.237. The van der Waals surface area contributed by atoms with Crippen molar-refractivity contribution in [3.8, 4) is 0 Å². The molecular weight excluding hydrogens is 248 g/mol. The number of carbonyl (C=O) groups is 1. The Balaban J connectivity index is 2.44. The summed E-state index contributed by atoms with van der Waals surface area (Å²) >= 11 is 0. The topological polar surface area (TPSA) is 85.4 Å². The highest BCUT2D eigenvalue weighted by atomic mass is 16.5. The maximum atomic E-state index is 11.7. The van der Waals surface area contributed by atoms with E-state index in [1.807, 2.05) is 0 Å². The maximum Gasteiger partial charge on any atom is 0.270 e. The molecule has 7 nitrogen and oxygen atoms in total. The van der Waals surface area contributed by atoms with Crippen LogP contribution < -0.4 is 10.6 Å². The van der Waals surface area contributed by atoms with Gasteiger partial charge in [-0.25, -0.2) is 9.97 Å². The van der Waals surface area contributed by atoms with Crippen molar-refractivity contribution in [1.82, 2.24) is 15.3 Å². The van der Waals surface area contributed by atoms with Crippen LogP contribution >= 0.6 is 0 Å². The minimum atomic E-state index is -0.237. The molecule has 0 saturated carbocycles. The normalized spacial score (nSPS) is 10.2. The highest BCUT2D eigenvalue weighted by molar-refractivity contribution is 5.92. The number of aromatic nitrogens is 2. The van der Waals surface area contributed by atoms with Gasteiger partial charge in [0.1, 0.15) is 5.69 Å². The summed E-state index contributed by atoms with van der Waals surface area (Å²) in [6.45, 7) is 2.29. The summed E-state index contributed by atoms with van der Waals surface area (Å²) in [4.78, 5) is 19.9. The molecule has 0 aliphatic rings. The van der Waals surface area contributed by atoms with Crippen molar-refractivity contribution in [3.63, 3.8) is 0 Å². The molecule has 0 aliphatic heterocycles. The van der Waals surface area contributed by atoms with Gasteiger partial charge in [-0.2, -0.15) is 0 Å². The number of rotatable bonds is 9. The fraction of sp³-hybridized carbons (Fsp3) is 0.583. The van der Waals surface area contributed by atoms with Gasteiger partial charge in [-0.05, 0) is 12.5 Å². The number of amides is 1. The first-order chi connectivity index (χ1) is 9.27. The number of nitrogens with one attached hydrogen (secondary N) is 2. The molecule has 1 aromatic rings. The van der Waals surface area contributed by atoms with E-state index in [0.29, 0.717) is 37.9 Å². The molecule has 2 N–H and O–H groups in total. The molecule has 19 heavy (non-hydrogen) atoms. The zero-order chi connectivity index (χ0) is 13.9. The van der Waals surface area contributed by atoms with Crippen molar-refractivity contribution in [2.24, 2.45) is 0 Å². The van der Waals surface area contributed by atoms with Crippen molar-refractivity contribution in [2.75, 3.05) is 45.8 Å². The van der Waals surface area contributed by atoms with Crippen LogP contribution in [0.15, 0.2) is 12.3 Å². The van der Waals surface area contributed by atoms with E-state index in [-0.39, 0.29) is 5.91 Å². The van der Waals surface area contributed by atoms with Crippen LogP contribution in [-0.4, -0.2) is 56.4 Å². The Kier molecular flexibility index (Phi) is 7.45. The molecular formula is C12H20N4O3. The largest absolute Gasteiger partial charge is 0.385 e. The first-order valence-electron chi connectivity index (χ1n) is 6.11. The first-order valence-corrected chi connectivity index (χ1v) is 6.11. The standard InChI is InChI=1S/C12H20N4O3/c1-18-8-3-5-14-12-15-6-4-10(16-12)11(17)13-7-9-19-2/h4,6H,3,5,7-9H2,1-2H3,(H,13,17)(H,14,15,16). The molecule has 106 valence electrons. The molecule has 0 radical (unpaired) electrons. The lowest BCUT2D eigenvalue weighted by molar-refractivity contribution is 0.0932. The lowest BCUT2D eigenvalue weighted by Gasteiger charge is -2.06. The summed E-state index contributed by atoms with van der Waals surface area (Å²) in [6, 6.07) is 1.57. The summed E-state index contributed by atoms with van der Waals surface area (Å²) in [5, 5.41) is 5.74. The molecule has 0 bridgehead atoms. The molecule has 0 atom stereocenters. The van der Waals surface area contributed by atoms with Gasteiger partial charge in [-0.1, -0.05) is 0 Å². The second-order valence-electron chi connectivity index (χ2n) is 3.79. The fourth-order valence-corrected chi connectivity index (χ4v) is 1.34. The van der Waals surface area contributed by atoms with E-state index in [9.17, 15) is 4.79 Å². The smallest absolute Gasteiger partial charge is 0.270 e. The summed E-state index contributed by atoms with van der Waals surface area (Å²) in [7, 11) is 3.24. The molecule has 0 aliphatic carbocycles. The Labute approximate surface area is 112 Å². The number of methoxy groups -OCH3 is 2. The van der Waals surface area contributed by atoms with E-state index in [4.69, 9.17) is 9.47 Å². The highest BCUT2D eigenvalue weighted by Crippen LogP contribution is 2.00. The van der Waals surface area contributed by atoms with E-state index >= 15 is 0 Å². The van der Waals surface area contributed by atoms with Crippen LogP contribution in [-0.2, 0) is 9.47 Å². The molecule has 0 fully saturated rings.